The van der Waals surface area contributed by atoms with Crippen molar-refractivity contribution in [3.8, 4) is 0 Å². The average molecular weight is 292 g/mol. The summed E-state index contributed by atoms with van der Waals surface area (Å²) < 4.78 is 0. The van der Waals surface area contributed by atoms with Crippen LogP contribution in [0, 0.1) is 0 Å². The molecule has 15 heavy (non-hydrogen) atoms. The van der Waals surface area contributed by atoms with Crippen LogP contribution < -0.4 is 10.6 Å². The number of nitrogens with one attached hydrogen (secondary N) is 2. The lowest BCUT2D eigenvalue weighted by Gasteiger charge is -2.08. The molecular formula is C7H13Cl3N2O2Si. The lowest BCUT2D eigenvalue weighted by Crippen LogP contribution is -2.36. The highest BCUT2D eigenvalue weighted by Gasteiger charge is 2.23. The predicted molar refractivity (Wildman–Crippen MR) is 64.4 cm³/mol. The standard InChI is InChI=1S/C7H13Cl3N2O2Si/c1-6(13)12-5-7(14)11-3-2-4-15(8,9)10/h2-5H2,1H3,(H,11,14)(H,12,13). The molecule has 88 valence electrons. The lowest BCUT2D eigenvalue weighted by molar-refractivity contribution is -0.125. The molecule has 0 aromatic rings. The molecule has 0 atom stereocenters. The van der Waals surface area contributed by atoms with Gasteiger partial charge in [-0.1, -0.05) is 0 Å². The Kier molecular flexibility index (Phi) is 7.34. The second-order valence-electron chi connectivity index (χ2n) is 2.98. The first kappa shape index (κ1) is 15.0. The molecule has 0 radical (unpaired) electrons. The number of hydrogen-bond donors (Lipinski definition) is 2. The van der Waals surface area contributed by atoms with Gasteiger partial charge in [-0.2, -0.15) is 0 Å². The topological polar surface area (TPSA) is 58.2 Å². The molecule has 0 aromatic carbocycles. The quantitative estimate of drug-likeness (QED) is 0.440. The van der Waals surface area contributed by atoms with Gasteiger partial charge >= 0.3 is 6.00 Å². The second kappa shape index (κ2) is 7.32. The normalized spacial score (nSPS) is 10.9. The van der Waals surface area contributed by atoms with Crippen molar-refractivity contribution in [2.24, 2.45) is 0 Å². The van der Waals surface area contributed by atoms with Gasteiger partial charge in [-0.25, -0.2) is 0 Å². The molecule has 0 aliphatic rings. The monoisotopic (exact) mass is 290 g/mol. The molecule has 4 nitrogen and oxygen atoms in total. The molecule has 0 heterocycles. The first-order valence-electron chi connectivity index (χ1n) is 4.39. The first-order valence-corrected chi connectivity index (χ1v) is 9.63. The molecule has 2 amide bonds. The minimum absolute atomic E-state index is 0.0134. The van der Waals surface area contributed by atoms with Gasteiger partial charge in [0, 0.05) is 13.5 Å². The van der Waals surface area contributed by atoms with Gasteiger partial charge in [0.2, 0.25) is 11.8 Å². The maximum absolute atomic E-state index is 11.1. The number of hydrogen-bond acceptors (Lipinski definition) is 2. The summed E-state index contributed by atoms with van der Waals surface area (Å²) in [6, 6.07) is -2.06. The van der Waals surface area contributed by atoms with Crippen LogP contribution in [0.25, 0.3) is 0 Å². The summed E-state index contributed by atoms with van der Waals surface area (Å²) in [6.07, 6.45) is 0.633. The van der Waals surface area contributed by atoms with Crippen LogP contribution in [0.1, 0.15) is 13.3 Å². The predicted octanol–water partition coefficient (Wildman–Crippen LogP) is 1.28. The number of amides is 2. The van der Waals surface area contributed by atoms with E-state index in [2.05, 4.69) is 10.6 Å². The highest BCUT2D eigenvalue weighted by atomic mass is 35.8. The minimum Gasteiger partial charge on any atom is -0.355 e. The molecule has 0 aromatic heterocycles. The zero-order chi connectivity index (χ0) is 11.9. The number of halogens is 3. The SMILES string of the molecule is CC(=O)NCC(=O)NCCC[Si](Cl)(Cl)Cl. The van der Waals surface area contributed by atoms with Gasteiger partial charge in [0.15, 0.2) is 0 Å². The minimum atomic E-state index is -2.57. The van der Waals surface area contributed by atoms with E-state index in [1.165, 1.54) is 6.92 Å². The third-order valence-electron chi connectivity index (χ3n) is 1.46. The van der Waals surface area contributed by atoms with Crippen molar-refractivity contribution < 1.29 is 9.59 Å². The van der Waals surface area contributed by atoms with Crippen molar-refractivity contribution in [2.45, 2.75) is 19.4 Å². The van der Waals surface area contributed by atoms with Crippen LogP contribution in [-0.4, -0.2) is 30.9 Å². The maximum atomic E-state index is 11.1. The van der Waals surface area contributed by atoms with Crippen LogP contribution in [0.2, 0.25) is 6.04 Å². The van der Waals surface area contributed by atoms with Gasteiger partial charge in [0.25, 0.3) is 0 Å². The zero-order valence-electron chi connectivity index (χ0n) is 8.28. The molecule has 0 rings (SSSR count). The van der Waals surface area contributed by atoms with Crippen molar-refractivity contribution >= 4 is 51.1 Å². The van der Waals surface area contributed by atoms with Crippen molar-refractivity contribution in [1.82, 2.24) is 10.6 Å². The molecule has 0 spiro atoms. The fourth-order valence-electron chi connectivity index (χ4n) is 0.784. The summed E-state index contributed by atoms with van der Waals surface area (Å²) in [7, 11) is 0. The van der Waals surface area contributed by atoms with Crippen LogP contribution in [0.15, 0.2) is 0 Å². The van der Waals surface area contributed by atoms with E-state index in [4.69, 9.17) is 33.2 Å². The van der Waals surface area contributed by atoms with Gasteiger partial charge < -0.3 is 10.6 Å². The Labute approximate surface area is 104 Å². The smallest absolute Gasteiger partial charge is 0.341 e. The van der Waals surface area contributed by atoms with Crippen molar-refractivity contribution in [2.75, 3.05) is 13.1 Å². The Morgan fingerprint density at radius 1 is 1.20 bits per heavy atom. The van der Waals surface area contributed by atoms with Gasteiger partial charge in [-0.05, 0) is 12.5 Å². The number of carbonyl (C=O) groups excluding carboxylic acids is 2. The molecule has 2 N–H and O–H groups in total. The number of carbonyl (C=O) groups is 2. The van der Waals surface area contributed by atoms with Crippen molar-refractivity contribution in [3.63, 3.8) is 0 Å². The highest BCUT2D eigenvalue weighted by Crippen LogP contribution is 2.25. The molecule has 0 saturated heterocycles. The van der Waals surface area contributed by atoms with E-state index in [-0.39, 0.29) is 18.4 Å². The molecule has 0 aliphatic heterocycles. The molecule has 0 unspecified atom stereocenters. The molecule has 0 aliphatic carbocycles. The van der Waals surface area contributed by atoms with Crippen LogP contribution in [0.3, 0.4) is 0 Å². The van der Waals surface area contributed by atoms with Crippen LogP contribution in [-0.2, 0) is 9.59 Å². The number of rotatable bonds is 6. The summed E-state index contributed by atoms with van der Waals surface area (Å²) in [4.78, 5) is 21.5. The second-order valence-corrected chi connectivity index (χ2v) is 12.3. The van der Waals surface area contributed by atoms with Gasteiger partial charge in [0.1, 0.15) is 0 Å². The Morgan fingerprint density at radius 2 is 1.80 bits per heavy atom. The average Bonchev–Trinajstić information content (AvgIpc) is 2.07. The summed E-state index contributed by atoms with van der Waals surface area (Å²) in [5, 5.41) is 4.99. The van der Waals surface area contributed by atoms with E-state index in [9.17, 15) is 9.59 Å². The van der Waals surface area contributed by atoms with Crippen LogP contribution in [0.4, 0.5) is 0 Å². The molecule has 0 saturated carbocycles. The van der Waals surface area contributed by atoms with Crippen LogP contribution in [0.5, 0.6) is 0 Å². The molecule has 8 heteroatoms. The fraction of sp³-hybridized carbons (Fsp3) is 0.714. The summed E-state index contributed by atoms with van der Waals surface area (Å²) in [6.45, 7) is 1.79. The largest absolute Gasteiger partial charge is 0.355 e. The summed E-state index contributed by atoms with van der Waals surface area (Å²) in [5.41, 5.74) is 0. The van der Waals surface area contributed by atoms with E-state index in [1.807, 2.05) is 0 Å². The Bertz CT molecular complexity index is 233. The van der Waals surface area contributed by atoms with Gasteiger partial charge in [0.05, 0.1) is 6.54 Å². The Morgan fingerprint density at radius 3 is 2.27 bits per heavy atom. The Balaban J connectivity index is 3.44. The van der Waals surface area contributed by atoms with Gasteiger partial charge in [-0.3, -0.25) is 9.59 Å². The molecule has 0 fully saturated rings. The lowest BCUT2D eigenvalue weighted by atomic mass is 10.4. The van der Waals surface area contributed by atoms with Crippen molar-refractivity contribution in [1.29, 1.82) is 0 Å². The third-order valence-corrected chi connectivity index (χ3v) is 4.08. The van der Waals surface area contributed by atoms with Crippen LogP contribution >= 0.6 is 33.2 Å². The van der Waals surface area contributed by atoms with E-state index < -0.39 is 6.00 Å². The Hall–Kier alpha value is 0.0269. The highest BCUT2D eigenvalue weighted by molar-refractivity contribution is 7.64. The van der Waals surface area contributed by atoms with E-state index in [0.29, 0.717) is 19.0 Å². The molecular weight excluding hydrogens is 279 g/mol. The fourth-order valence-corrected chi connectivity index (χ4v) is 2.56. The van der Waals surface area contributed by atoms with Crippen molar-refractivity contribution in [3.05, 3.63) is 0 Å². The third kappa shape index (κ3) is 12.0. The first-order chi connectivity index (χ1) is 6.81. The van der Waals surface area contributed by atoms with E-state index in [0.717, 1.165) is 0 Å². The molecule has 0 bridgehead atoms. The van der Waals surface area contributed by atoms with Gasteiger partial charge in [-0.15, -0.1) is 33.2 Å². The van der Waals surface area contributed by atoms with E-state index in [1.54, 1.807) is 0 Å². The maximum Gasteiger partial charge on any atom is 0.341 e. The summed E-state index contributed by atoms with van der Waals surface area (Å²) >= 11 is 17.0. The zero-order valence-corrected chi connectivity index (χ0v) is 11.5. The summed E-state index contributed by atoms with van der Waals surface area (Å²) in [5.74, 6) is -0.477. The van der Waals surface area contributed by atoms with E-state index >= 15 is 0 Å².